The van der Waals surface area contributed by atoms with Gasteiger partial charge in [-0.2, -0.15) is 0 Å². The van der Waals surface area contributed by atoms with Gasteiger partial charge in [-0.05, 0) is 31.1 Å². The van der Waals surface area contributed by atoms with E-state index < -0.39 is 0 Å². The molecule has 3 aromatic rings. The van der Waals surface area contributed by atoms with Gasteiger partial charge < -0.3 is 14.6 Å². The molecule has 4 rings (SSSR count). The molecule has 0 amide bonds. The number of anilines is 1. The van der Waals surface area contributed by atoms with Gasteiger partial charge in [-0.25, -0.2) is 15.0 Å². The maximum absolute atomic E-state index is 10.6. The zero-order valence-corrected chi connectivity index (χ0v) is 14.2. The number of H-pyrrole nitrogens is 1. The van der Waals surface area contributed by atoms with Crippen molar-refractivity contribution in [2.45, 2.75) is 18.9 Å². The second-order valence-corrected chi connectivity index (χ2v) is 6.13. The van der Waals surface area contributed by atoms with Crippen molar-refractivity contribution in [1.29, 1.82) is 0 Å². The number of aromatic nitrogens is 4. The molecule has 1 fully saturated rings. The van der Waals surface area contributed by atoms with Crippen LogP contribution in [0.1, 0.15) is 18.4 Å². The minimum Gasteiger partial charge on any atom is -0.491 e. The lowest BCUT2D eigenvalue weighted by molar-refractivity contribution is -0.104. The number of hydrogen-bond acceptors (Lipinski definition) is 6. The number of hydrogen-bond donors (Lipinski definition) is 1. The highest BCUT2D eigenvalue weighted by molar-refractivity contribution is 5.83. The zero-order valence-electron chi connectivity index (χ0n) is 14.2. The maximum Gasteiger partial charge on any atom is 0.162 e. The van der Waals surface area contributed by atoms with Crippen LogP contribution in [0.4, 0.5) is 5.82 Å². The summed E-state index contributed by atoms with van der Waals surface area (Å²) in [4.78, 5) is 28.9. The van der Waals surface area contributed by atoms with E-state index in [-0.39, 0.29) is 6.04 Å². The maximum atomic E-state index is 10.6. The molecule has 1 aliphatic rings. The Balaban J connectivity index is 1.53. The predicted octanol–water partition coefficient (Wildman–Crippen LogP) is 2.61. The van der Waals surface area contributed by atoms with Crippen molar-refractivity contribution < 1.29 is 9.53 Å². The summed E-state index contributed by atoms with van der Waals surface area (Å²) in [5.41, 5.74) is 2.42. The van der Waals surface area contributed by atoms with Gasteiger partial charge in [0, 0.05) is 12.1 Å². The predicted molar refractivity (Wildman–Crippen MR) is 99.1 cm³/mol. The summed E-state index contributed by atoms with van der Waals surface area (Å²) in [6.07, 6.45) is 9.30. The highest BCUT2D eigenvalue weighted by Gasteiger charge is 2.28. The van der Waals surface area contributed by atoms with Crippen LogP contribution < -0.4 is 9.64 Å². The number of nitrogens with zero attached hydrogens (tertiary/aromatic N) is 4. The van der Waals surface area contributed by atoms with Crippen LogP contribution in [0.15, 0.2) is 43.0 Å². The highest BCUT2D eigenvalue weighted by Crippen LogP contribution is 2.29. The monoisotopic (exact) mass is 349 g/mol. The van der Waals surface area contributed by atoms with Crippen LogP contribution in [0.25, 0.3) is 17.2 Å². The molecule has 1 aliphatic heterocycles. The van der Waals surface area contributed by atoms with Gasteiger partial charge in [0.2, 0.25) is 0 Å². The van der Waals surface area contributed by atoms with Crippen molar-refractivity contribution in [2.75, 3.05) is 18.1 Å². The van der Waals surface area contributed by atoms with Crippen LogP contribution in [0.5, 0.6) is 5.75 Å². The fourth-order valence-corrected chi connectivity index (χ4v) is 3.33. The fourth-order valence-electron chi connectivity index (χ4n) is 3.33. The lowest BCUT2D eigenvalue weighted by atomic mass is 10.2. The van der Waals surface area contributed by atoms with Crippen molar-refractivity contribution in [3.63, 3.8) is 0 Å². The first-order chi connectivity index (χ1) is 12.9. The van der Waals surface area contributed by atoms with E-state index in [4.69, 9.17) is 4.74 Å². The molecule has 1 aromatic carbocycles. The summed E-state index contributed by atoms with van der Waals surface area (Å²) in [5, 5.41) is 0. The van der Waals surface area contributed by atoms with Crippen LogP contribution in [0.3, 0.4) is 0 Å². The Bertz CT molecular complexity index is 936. The summed E-state index contributed by atoms with van der Waals surface area (Å²) >= 11 is 0. The molecule has 2 aromatic heterocycles. The first-order valence-electron chi connectivity index (χ1n) is 8.61. The van der Waals surface area contributed by atoms with E-state index in [9.17, 15) is 4.79 Å². The van der Waals surface area contributed by atoms with E-state index >= 15 is 0 Å². The molecular weight excluding hydrogens is 330 g/mol. The van der Waals surface area contributed by atoms with Crippen molar-refractivity contribution >= 4 is 29.3 Å². The van der Waals surface area contributed by atoms with Gasteiger partial charge in [0.25, 0.3) is 0 Å². The molecule has 7 nitrogen and oxygen atoms in total. The Morgan fingerprint density at radius 2 is 2.19 bits per heavy atom. The number of imidazole rings is 1. The SMILES string of the molecule is O=C/C=C/c1ccccc1OC[C@H]1CCCN1c1ncnc2[nH]cnc12. The van der Waals surface area contributed by atoms with Crippen LogP contribution in [-0.2, 0) is 4.79 Å². The summed E-state index contributed by atoms with van der Waals surface area (Å²) in [7, 11) is 0. The number of carbonyl (C=O) groups is 1. The number of para-hydroxylation sites is 1. The van der Waals surface area contributed by atoms with E-state index in [1.54, 1.807) is 18.7 Å². The van der Waals surface area contributed by atoms with E-state index in [1.807, 2.05) is 24.3 Å². The lowest BCUT2D eigenvalue weighted by Crippen LogP contribution is -2.35. The van der Waals surface area contributed by atoms with Crippen molar-refractivity contribution in [1.82, 2.24) is 19.9 Å². The Hall–Kier alpha value is -3.22. The van der Waals surface area contributed by atoms with Crippen LogP contribution >= 0.6 is 0 Å². The average molecular weight is 349 g/mol. The van der Waals surface area contributed by atoms with Gasteiger partial charge in [0.05, 0.1) is 12.4 Å². The van der Waals surface area contributed by atoms with Gasteiger partial charge in [0.15, 0.2) is 11.5 Å². The Labute approximate surface area is 150 Å². The molecule has 1 saturated heterocycles. The number of aldehydes is 1. The lowest BCUT2D eigenvalue weighted by Gasteiger charge is -2.26. The van der Waals surface area contributed by atoms with Crippen molar-refractivity contribution in [2.24, 2.45) is 0 Å². The number of nitrogens with one attached hydrogen (secondary N) is 1. The third-order valence-electron chi connectivity index (χ3n) is 4.55. The van der Waals surface area contributed by atoms with Gasteiger partial charge in [-0.1, -0.05) is 18.2 Å². The molecule has 7 heteroatoms. The van der Waals surface area contributed by atoms with Gasteiger partial charge in [0.1, 0.15) is 30.5 Å². The second kappa shape index (κ2) is 7.35. The zero-order chi connectivity index (χ0) is 17.8. The summed E-state index contributed by atoms with van der Waals surface area (Å²) < 4.78 is 6.08. The molecular formula is C19H19N5O2. The van der Waals surface area contributed by atoms with Gasteiger partial charge >= 0.3 is 0 Å². The molecule has 1 atom stereocenters. The number of allylic oxidation sites excluding steroid dienone is 1. The number of aromatic amines is 1. The molecule has 0 radical (unpaired) electrons. The average Bonchev–Trinajstić information content (AvgIpc) is 3.34. The van der Waals surface area contributed by atoms with Crippen molar-refractivity contribution in [3.8, 4) is 5.75 Å². The Morgan fingerprint density at radius 3 is 3.12 bits per heavy atom. The standard InChI is InChI=1S/C19H19N5O2/c25-10-4-6-14-5-1-2-8-16(14)26-11-15-7-3-9-24(15)19-17-18(21-12-20-17)22-13-23-19/h1-2,4-6,8,10,12-13,15H,3,7,9,11H2,(H,20,21,22,23)/b6-4+/t15-/m1/s1. The molecule has 0 bridgehead atoms. The molecule has 1 N–H and O–H groups in total. The quantitative estimate of drug-likeness (QED) is 0.544. The number of carbonyl (C=O) groups excluding carboxylic acids is 1. The summed E-state index contributed by atoms with van der Waals surface area (Å²) in [5.74, 6) is 1.61. The molecule has 26 heavy (non-hydrogen) atoms. The summed E-state index contributed by atoms with van der Waals surface area (Å²) in [6.45, 7) is 1.46. The normalized spacial score (nSPS) is 17.2. The number of benzene rings is 1. The van der Waals surface area contributed by atoms with Gasteiger partial charge in [-0.15, -0.1) is 0 Å². The van der Waals surface area contributed by atoms with Crippen LogP contribution in [-0.4, -0.2) is 45.4 Å². The minimum absolute atomic E-state index is 0.216. The van der Waals surface area contributed by atoms with Crippen LogP contribution in [0.2, 0.25) is 0 Å². The Kier molecular flexibility index (Phi) is 4.59. The third-order valence-corrected chi connectivity index (χ3v) is 4.55. The van der Waals surface area contributed by atoms with E-state index in [2.05, 4.69) is 24.8 Å². The summed E-state index contributed by atoms with van der Waals surface area (Å²) in [6, 6.07) is 7.92. The van der Waals surface area contributed by atoms with Crippen LogP contribution in [0, 0.1) is 0 Å². The van der Waals surface area contributed by atoms with E-state index in [0.29, 0.717) is 6.61 Å². The molecule has 0 spiro atoms. The smallest absolute Gasteiger partial charge is 0.162 e. The highest BCUT2D eigenvalue weighted by atomic mass is 16.5. The molecule has 0 aliphatic carbocycles. The van der Waals surface area contributed by atoms with E-state index in [0.717, 1.165) is 54.0 Å². The molecule has 3 heterocycles. The third kappa shape index (κ3) is 3.15. The topological polar surface area (TPSA) is 84.0 Å². The number of ether oxygens (including phenoxy) is 1. The number of fused-ring (bicyclic) bond motifs is 1. The number of rotatable bonds is 6. The van der Waals surface area contributed by atoms with Gasteiger partial charge in [-0.3, -0.25) is 4.79 Å². The first kappa shape index (κ1) is 16.3. The van der Waals surface area contributed by atoms with Crippen molar-refractivity contribution in [3.05, 3.63) is 48.6 Å². The molecule has 0 saturated carbocycles. The van der Waals surface area contributed by atoms with E-state index in [1.165, 1.54) is 6.08 Å². The first-order valence-corrected chi connectivity index (χ1v) is 8.61. The second-order valence-electron chi connectivity index (χ2n) is 6.13. The molecule has 0 unspecified atom stereocenters. The largest absolute Gasteiger partial charge is 0.491 e. The minimum atomic E-state index is 0.216. The fraction of sp³-hybridized carbons (Fsp3) is 0.263. The Morgan fingerprint density at radius 1 is 1.27 bits per heavy atom. The molecule has 132 valence electrons.